The molecule has 0 saturated heterocycles. The molecule has 0 fully saturated rings. The van der Waals surface area contributed by atoms with E-state index in [0.29, 0.717) is 33.8 Å². The average molecular weight is 413 g/mol. The van der Waals surface area contributed by atoms with Gasteiger partial charge in [-0.25, -0.2) is 4.79 Å². The van der Waals surface area contributed by atoms with Crippen molar-refractivity contribution in [2.45, 2.75) is 5.92 Å². The summed E-state index contributed by atoms with van der Waals surface area (Å²) in [7, 11) is 1.31. The van der Waals surface area contributed by atoms with E-state index in [0.717, 1.165) is 5.56 Å². The Balaban J connectivity index is 1.81. The van der Waals surface area contributed by atoms with Crippen molar-refractivity contribution in [1.29, 1.82) is 0 Å². The number of nitrogens with zero attached hydrogens (tertiary/aromatic N) is 1. The van der Waals surface area contributed by atoms with Crippen molar-refractivity contribution in [3.8, 4) is 0 Å². The lowest BCUT2D eigenvalue weighted by Gasteiger charge is -2.14. The third-order valence-electron chi connectivity index (χ3n) is 5.05. The molecular weight excluding hydrogens is 394 g/mol. The van der Waals surface area contributed by atoms with Crippen molar-refractivity contribution < 1.29 is 19.1 Å². The number of rotatable bonds is 5. The standard InChI is InChI=1S/C24H19N3O4/c1-31-24(30)16-9-12-18-19(13-16)27-23(29)20(18)21(14-5-3-2-4-6-14)26-17-10-7-15(8-11-17)22(25)28/h2-13,20H,1H3,(H2,25,28)(H,27,29). The summed E-state index contributed by atoms with van der Waals surface area (Å²) in [4.78, 5) is 40.9. The summed E-state index contributed by atoms with van der Waals surface area (Å²) in [6.45, 7) is 0. The minimum absolute atomic E-state index is 0.242. The SMILES string of the molecule is COC(=O)c1ccc2c(c1)NC(=O)C2C(=Nc1ccc(C(N)=O)cc1)c1ccccc1. The lowest BCUT2D eigenvalue weighted by atomic mass is 9.90. The first-order valence-electron chi connectivity index (χ1n) is 9.55. The molecule has 7 heteroatoms. The third kappa shape index (κ3) is 3.93. The number of esters is 1. The van der Waals surface area contributed by atoms with Crippen LogP contribution in [0.1, 0.15) is 37.8 Å². The topological polar surface area (TPSA) is 111 Å². The molecule has 1 atom stereocenters. The van der Waals surface area contributed by atoms with Gasteiger partial charge >= 0.3 is 5.97 Å². The number of nitrogens with one attached hydrogen (secondary N) is 1. The fourth-order valence-electron chi connectivity index (χ4n) is 3.52. The molecule has 3 aromatic rings. The maximum absolute atomic E-state index is 13.0. The Kier molecular flexibility index (Phi) is 5.32. The molecule has 0 aromatic heterocycles. The summed E-state index contributed by atoms with van der Waals surface area (Å²) in [5, 5.41) is 2.84. The number of anilines is 1. The summed E-state index contributed by atoms with van der Waals surface area (Å²) in [6, 6.07) is 20.9. The van der Waals surface area contributed by atoms with E-state index in [4.69, 9.17) is 15.5 Å². The highest BCUT2D eigenvalue weighted by molar-refractivity contribution is 6.24. The molecule has 0 saturated carbocycles. The highest BCUT2D eigenvalue weighted by Gasteiger charge is 2.35. The molecule has 1 aliphatic rings. The van der Waals surface area contributed by atoms with Gasteiger partial charge in [0.15, 0.2) is 0 Å². The maximum atomic E-state index is 13.0. The van der Waals surface area contributed by atoms with Gasteiger partial charge in [-0.1, -0.05) is 36.4 Å². The lowest BCUT2D eigenvalue weighted by molar-refractivity contribution is -0.115. The van der Waals surface area contributed by atoms with Crippen LogP contribution in [0.4, 0.5) is 11.4 Å². The molecule has 0 radical (unpaired) electrons. The molecule has 31 heavy (non-hydrogen) atoms. The fourth-order valence-corrected chi connectivity index (χ4v) is 3.52. The Labute approximate surface area is 178 Å². The zero-order chi connectivity index (χ0) is 22.0. The van der Waals surface area contributed by atoms with E-state index in [9.17, 15) is 14.4 Å². The second-order valence-electron chi connectivity index (χ2n) is 6.99. The van der Waals surface area contributed by atoms with Crippen LogP contribution in [0.2, 0.25) is 0 Å². The van der Waals surface area contributed by atoms with Gasteiger partial charge in [0.05, 0.1) is 24.1 Å². The summed E-state index contributed by atoms with van der Waals surface area (Å²) >= 11 is 0. The minimum Gasteiger partial charge on any atom is -0.465 e. The first-order valence-corrected chi connectivity index (χ1v) is 9.55. The van der Waals surface area contributed by atoms with Crippen LogP contribution in [-0.2, 0) is 9.53 Å². The molecule has 3 aromatic carbocycles. The Hall–Kier alpha value is -4.26. The number of carbonyl (C=O) groups is 3. The number of benzene rings is 3. The molecule has 154 valence electrons. The second kappa shape index (κ2) is 8.23. The number of nitrogens with two attached hydrogens (primary N) is 1. The smallest absolute Gasteiger partial charge is 0.337 e. The first-order chi connectivity index (χ1) is 15.0. The van der Waals surface area contributed by atoms with Crippen LogP contribution in [-0.4, -0.2) is 30.6 Å². The fraction of sp³-hybridized carbons (Fsp3) is 0.0833. The number of hydrogen-bond donors (Lipinski definition) is 2. The van der Waals surface area contributed by atoms with Crippen LogP contribution >= 0.6 is 0 Å². The van der Waals surface area contributed by atoms with Gasteiger partial charge < -0.3 is 15.8 Å². The van der Waals surface area contributed by atoms with Crippen LogP contribution in [0.25, 0.3) is 0 Å². The van der Waals surface area contributed by atoms with Crippen molar-refractivity contribution in [1.82, 2.24) is 0 Å². The highest BCUT2D eigenvalue weighted by Crippen LogP contribution is 2.37. The van der Waals surface area contributed by atoms with Gasteiger partial charge in [0.2, 0.25) is 11.8 Å². The highest BCUT2D eigenvalue weighted by atomic mass is 16.5. The predicted molar refractivity (Wildman–Crippen MR) is 117 cm³/mol. The zero-order valence-corrected chi connectivity index (χ0v) is 16.7. The zero-order valence-electron chi connectivity index (χ0n) is 16.7. The number of ether oxygens (including phenoxy) is 1. The Morgan fingerprint density at radius 1 is 0.935 bits per heavy atom. The molecule has 7 nitrogen and oxygen atoms in total. The molecule has 0 aliphatic carbocycles. The van der Waals surface area contributed by atoms with Gasteiger partial charge in [0, 0.05) is 11.3 Å². The van der Waals surface area contributed by atoms with Crippen molar-refractivity contribution in [3.63, 3.8) is 0 Å². The molecule has 4 rings (SSSR count). The van der Waals surface area contributed by atoms with Crippen LogP contribution in [0.3, 0.4) is 0 Å². The van der Waals surface area contributed by atoms with E-state index in [2.05, 4.69) is 5.32 Å². The van der Waals surface area contributed by atoms with Gasteiger partial charge in [-0.3, -0.25) is 14.6 Å². The lowest BCUT2D eigenvalue weighted by Crippen LogP contribution is -2.22. The number of aliphatic imine (C=N–C) groups is 1. The van der Waals surface area contributed by atoms with Crippen molar-refractivity contribution in [3.05, 3.63) is 95.1 Å². The largest absolute Gasteiger partial charge is 0.465 e. The van der Waals surface area contributed by atoms with Crippen molar-refractivity contribution >= 4 is 34.9 Å². The monoisotopic (exact) mass is 413 g/mol. The summed E-state index contributed by atoms with van der Waals surface area (Å²) in [5.41, 5.74) is 9.21. The molecular formula is C24H19N3O4. The van der Waals surface area contributed by atoms with Crippen LogP contribution in [0.15, 0.2) is 77.8 Å². The van der Waals surface area contributed by atoms with Gasteiger partial charge in [-0.2, -0.15) is 0 Å². The number of primary amides is 1. The van der Waals surface area contributed by atoms with Gasteiger partial charge in [-0.05, 0) is 47.5 Å². The molecule has 2 amide bonds. The van der Waals surface area contributed by atoms with Crippen molar-refractivity contribution in [2.75, 3.05) is 12.4 Å². The summed E-state index contributed by atoms with van der Waals surface area (Å²) in [6.07, 6.45) is 0. The van der Waals surface area contributed by atoms with E-state index in [-0.39, 0.29) is 5.91 Å². The van der Waals surface area contributed by atoms with E-state index in [1.807, 2.05) is 30.3 Å². The Bertz CT molecular complexity index is 1200. The molecule has 3 N–H and O–H groups in total. The van der Waals surface area contributed by atoms with Crippen LogP contribution in [0, 0.1) is 0 Å². The molecule has 1 unspecified atom stereocenters. The average Bonchev–Trinajstić information content (AvgIpc) is 3.12. The Morgan fingerprint density at radius 3 is 2.26 bits per heavy atom. The second-order valence-corrected chi connectivity index (χ2v) is 6.99. The minimum atomic E-state index is -0.667. The molecule has 1 aliphatic heterocycles. The van der Waals surface area contributed by atoms with Gasteiger partial charge in [0.25, 0.3) is 0 Å². The van der Waals surface area contributed by atoms with E-state index < -0.39 is 17.8 Å². The summed E-state index contributed by atoms with van der Waals surface area (Å²) in [5.74, 6) is -1.91. The van der Waals surface area contributed by atoms with E-state index >= 15 is 0 Å². The number of methoxy groups -OCH3 is 1. The third-order valence-corrected chi connectivity index (χ3v) is 5.05. The predicted octanol–water partition coefficient (Wildman–Crippen LogP) is 3.43. The number of carbonyl (C=O) groups excluding carboxylic acids is 3. The number of hydrogen-bond acceptors (Lipinski definition) is 5. The first kappa shape index (κ1) is 20.0. The van der Waals surface area contributed by atoms with Crippen LogP contribution < -0.4 is 11.1 Å². The van der Waals surface area contributed by atoms with Crippen LogP contribution in [0.5, 0.6) is 0 Å². The molecule has 1 heterocycles. The van der Waals surface area contributed by atoms with E-state index in [1.165, 1.54) is 7.11 Å². The van der Waals surface area contributed by atoms with Gasteiger partial charge in [0.1, 0.15) is 5.92 Å². The molecule has 0 spiro atoms. The Morgan fingerprint density at radius 2 is 1.61 bits per heavy atom. The normalized spacial score (nSPS) is 15.2. The maximum Gasteiger partial charge on any atom is 0.337 e. The molecule has 0 bridgehead atoms. The van der Waals surface area contributed by atoms with E-state index in [1.54, 1.807) is 42.5 Å². The summed E-state index contributed by atoms with van der Waals surface area (Å²) < 4.78 is 4.76. The number of fused-ring (bicyclic) bond motifs is 1. The number of amides is 2. The van der Waals surface area contributed by atoms with Crippen molar-refractivity contribution in [2.24, 2.45) is 10.7 Å². The van der Waals surface area contributed by atoms with Gasteiger partial charge in [-0.15, -0.1) is 0 Å². The quantitative estimate of drug-likeness (QED) is 0.493.